The minimum Gasteiger partial charge on any atom is -0.297 e. The third kappa shape index (κ3) is 3.83. The second-order valence-corrected chi connectivity index (χ2v) is 8.90. The summed E-state index contributed by atoms with van der Waals surface area (Å²) in [5.41, 5.74) is 1.95. The Hall–Kier alpha value is -2.60. The predicted octanol–water partition coefficient (Wildman–Crippen LogP) is 5.09. The SMILES string of the molecule is Cc1csc(C(C#N)C(=O)CSc2ncnc3sc(-c4ccccc4)cc23)n1. The number of hydrogen-bond donors (Lipinski definition) is 0. The average Bonchev–Trinajstić information content (AvgIpc) is 3.34. The van der Waals surface area contributed by atoms with E-state index in [1.165, 1.54) is 29.4 Å². The van der Waals surface area contributed by atoms with Crippen LogP contribution in [0, 0.1) is 18.3 Å². The highest BCUT2D eigenvalue weighted by Crippen LogP contribution is 2.36. The summed E-state index contributed by atoms with van der Waals surface area (Å²) in [5.74, 6) is -0.822. The molecule has 0 bridgehead atoms. The molecule has 0 aliphatic rings. The van der Waals surface area contributed by atoms with Gasteiger partial charge in [-0.25, -0.2) is 15.0 Å². The van der Waals surface area contributed by atoms with Crippen molar-refractivity contribution in [1.29, 1.82) is 5.26 Å². The molecule has 8 heteroatoms. The number of Topliss-reactive ketones (excluding diaryl/α,β-unsaturated/α-hetero) is 1. The van der Waals surface area contributed by atoms with Gasteiger partial charge in [0, 0.05) is 21.3 Å². The topological polar surface area (TPSA) is 79.5 Å². The van der Waals surface area contributed by atoms with E-state index in [0.717, 1.165) is 31.4 Å². The Kier molecular flexibility index (Phi) is 5.48. The number of thiazole rings is 1. The fourth-order valence-corrected chi connectivity index (χ4v) is 5.49. The van der Waals surface area contributed by atoms with Gasteiger partial charge in [0.2, 0.25) is 0 Å². The summed E-state index contributed by atoms with van der Waals surface area (Å²) in [4.78, 5) is 27.6. The molecule has 0 radical (unpaired) electrons. The van der Waals surface area contributed by atoms with Gasteiger partial charge >= 0.3 is 0 Å². The van der Waals surface area contributed by atoms with Gasteiger partial charge in [0.15, 0.2) is 11.7 Å². The molecule has 4 rings (SSSR count). The molecule has 138 valence electrons. The Morgan fingerprint density at radius 1 is 1.29 bits per heavy atom. The van der Waals surface area contributed by atoms with Gasteiger partial charge in [0.25, 0.3) is 0 Å². The summed E-state index contributed by atoms with van der Waals surface area (Å²) in [6.07, 6.45) is 1.52. The van der Waals surface area contributed by atoms with Crippen LogP contribution < -0.4 is 0 Å². The zero-order chi connectivity index (χ0) is 19.5. The van der Waals surface area contributed by atoms with E-state index in [9.17, 15) is 10.1 Å². The quantitative estimate of drug-likeness (QED) is 0.318. The van der Waals surface area contributed by atoms with E-state index >= 15 is 0 Å². The maximum Gasteiger partial charge on any atom is 0.167 e. The number of carbonyl (C=O) groups excluding carboxylic acids is 1. The van der Waals surface area contributed by atoms with Crippen LogP contribution in [0.2, 0.25) is 0 Å². The van der Waals surface area contributed by atoms with Crippen molar-refractivity contribution in [3.05, 3.63) is 58.8 Å². The normalized spacial score (nSPS) is 12.0. The minimum atomic E-state index is -0.828. The van der Waals surface area contributed by atoms with Crippen LogP contribution in [0.25, 0.3) is 20.7 Å². The largest absolute Gasteiger partial charge is 0.297 e. The van der Waals surface area contributed by atoms with E-state index in [1.54, 1.807) is 11.3 Å². The van der Waals surface area contributed by atoms with Crippen LogP contribution in [0.4, 0.5) is 0 Å². The Balaban J connectivity index is 1.56. The summed E-state index contributed by atoms with van der Waals surface area (Å²) in [6.45, 7) is 1.85. The van der Waals surface area contributed by atoms with Crippen molar-refractivity contribution in [3.8, 4) is 16.5 Å². The highest BCUT2D eigenvalue weighted by atomic mass is 32.2. The molecule has 0 saturated heterocycles. The van der Waals surface area contributed by atoms with Gasteiger partial charge in [-0.15, -0.1) is 22.7 Å². The summed E-state index contributed by atoms with van der Waals surface area (Å²) in [6, 6.07) is 14.3. The Labute approximate surface area is 174 Å². The zero-order valence-corrected chi connectivity index (χ0v) is 17.3. The number of carbonyl (C=O) groups is 1. The number of nitriles is 1. The molecule has 0 amide bonds. The zero-order valence-electron chi connectivity index (χ0n) is 14.8. The molecule has 3 aromatic heterocycles. The second-order valence-electron chi connectivity index (χ2n) is 6.02. The number of thiophene rings is 1. The predicted molar refractivity (Wildman–Crippen MR) is 114 cm³/mol. The molecule has 0 N–H and O–H groups in total. The highest BCUT2D eigenvalue weighted by Gasteiger charge is 2.24. The molecule has 0 aliphatic heterocycles. The molecule has 5 nitrogen and oxygen atoms in total. The van der Waals surface area contributed by atoms with Crippen LogP contribution >= 0.6 is 34.4 Å². The number of aryl methyl sites for hydroxylation is 1. The van der Waals surface area contributed by atoms with Crippen molar-refractivity contribution in [1.82, 2.24) is 15.0 Å². The lowest BCUT2D eigenvalue weighted by Crippen LogP contribution is -2.13. The number of fused-ring (bicyclic) bond motifs is 1. The molecule has 0 saturated carbocycles. The van der Waals surface area contributed by atoms with Crippen LogP contribution in [-0.2, 0) is 4.79 Å². The number of hydrogen-bond acceptors (Lipinski definition) is 8. The molecule has 1 atom stereocenters. The van der Waals surface area contributed by atoms with Crippen molar-refractivity contribution < 1.29 is 4.79 Å². The molecular formula is C20H14N4OS3. The Bertz CT molecular complexity index is 1180. The van der Waals surface area contributed by atoms with Gasteiger partial charge in [-0.2, -0.15) is 5.26 Å². The van der Waals surface area contributed by atoms with Crippen molar-refractivity contribution in [2.75, 3.05) is 5.75 Å². The lowest BCUT2D eigenvalue weighted by Gasteiger charge is -2.05. The van der Waals surface area contributed by atoms with Crippen molar-refractivity contribution >= 4 is 50.4 Å². The molecule has 1 unspecified atom stereocenters. The molecule has 0 aliphatic carbocycles. The van der Waals surface area contributed by atoms with Gasteiger partial charge in [-0.05, 0) is 18.6 Å². The summed E-state index contributed by atoms with van der Waals surface area (Å²) < 4.78 is 0. The van der Waals surface area contributed by atoms with Crippen molar-refractivity contribution in [2.24, 2.45) is 0 Å². The van der Waals surface area contributed by atoms with Gasteiger partial charge in [0.1, 0.15) is 21.2 Å². The highest BCUT2D eigenvalue weighted by molar-refractivity contribution is 8.00. The standard InChI is InChI=1S/C20H14N4OS3/c1-12-9-26-20(24-12)15(8-21)16(25)10-27-18-14-7-17(13-5-3-2-4-6-13)28-19(14)23-11-22-18/h2-7,9,11,15H,10H2,1H3. The first-order valence-electron chi connectivity index (χ1n) is 8.43. The van der Waals surface area contributed by atoms with Gasteiger partial charge in [-0.1, -0.05) is 42.1 Å². The number of aromatic nitrogens is 3. The summed E-state index contributed by atoms with van der Waals surface area (Å²) >= 11 is 4.29. The number of ketones is 1. The van der Waals surface area contributed by atoms with Gasteiger partial charge < -0.3 is 0 Å². The molecule has 4 aromatic rings. The van der Waals surface area contributed by atoms with Crippen LogP contribution in [0.5, 0.6) is 0 Å². The van der Waals surface area contributed by atoms with Crippen LogP contribution in [0.1, 0.15) is 16.6 Å². The summed E-state index contributed by atoms with van der Waals surface area (Å²) in [7, 11) is 0. The maximum atomic E-state index is 12.6. The van der Waals surface area contributed by atoms with Crippen LogP contribution in [0.15, 0.2) is 53.1 Å². The van der Waals surface area contributed by atoms with E-state index in [1.807, 2.05) is 30.5 Å². The molecular weight excluding hydrogens is 408 g/mol. The fourth-order valence-electron chi connectivity index (χ4n) is 2.69. The van der Waals surface area contributed by atoms with Crippen molar-refractivity contribution in [3.63, 3.8) is 0 Å². The summed E-state index contributed by atoms with van der Waals surface area (Å²) in [5, 5.41) is 13.5. The number of rotatable bonds is 6. The van der Waals surface area contributed by atoms with E-state index in [2.05, 4.69) is 39.2 Å². The minimum absolute atomic E-state index is 0.160. The third-order valence-electron chi connectivity index (χ3n) is 4.04. The van der Waals surface area contributed by atoms with E-state index in [4.69, 9.17) is 0 Å². The van der Waals surface area contributed by atoms with Gasteiger partial charge in [0.05, 0.1) is 11.8 Å². The molecule has 1 aromatic carbocycles. The third-order valence-corrected chi connectivity index (χ3v) is 7.18. The molecule has 0 fully saturated rings. The second kappa shape index (κ2) is 8.19. The number of benzene rings is 1. The number of nitrogens with zero attached hydrogens (tertiary/aromatic N) is 4. The monoisotopic (exact) mass is 422 g/mol. The lowest BCUT2D eigenvalue weighted by atomic mass is 10.1. The first-order valence-corrected chi connectivity index (χ1v) is 11.1. The Morgan fingerprint density at radius 2 is 2.11 bits per heavy atom. The Morgan fingerprint density at radius 3 is 2.82 bits per heavy atom. The molecule has 3 heterocycles. The average molecular weight is 423 g/mol. The smallest absolute Gasteiger partial charge is 0.167 e. The molecule has 28 heavy (non-hydrogen) atoms. The van der Waals surface area contributed by atoms with Crippen molar-refractivity contribution in [2.45, 2.75) is 17.9 Å². The fraction of sp³-hybridized carbons (Fsp3) is 0.150. The van der Waals surface area contributed by atoms with Crippen LogP contribution in [-0.4, -0.2) is 26.5 Å². The molecule has 0 spiro atoms. The van der Waals surface area contributed by atoms with E-state index < -0.39 is 5.92 Å². The number of thioether (sulfide) groups is 1. The van der Waals surface area contributed by atoms with E-state index in [0.29, 0.717) is 5.01 Å². The lowest BCUT2D eigenvalue weighted by molar-refractivity contribution is -0.116. The maximum absolute atomic E-state index is 12.6. The van der Waals surface area contributed by atoms with Gasteiger partial charge in [-0.3, -0.25) is 4.79 Å². The first-order chi connectivity index (χ1) is 13.7. The first kappa shape index (κ1) is 18.7. The van der Waals surface area contributed by atoms with E-state index in [-0.39, 0.29) is 11.5 Å². The van der Waals surface area contributed by atoms with Crippen LogP contribution in [0.3, 0.4) is 0 Å².